The largest absolute Gasteiger partial charge is 1.00 e. The average Bonchev–Trinajstić information content (AvgIpc) is 2.37. The number of nitrogens with one attached hydrogen (secondary N) is 2. The van der Waals surface area contributed by atoms with Crippen LogP contribution in [0.15, 0.2) is 22.8 Å². The van der Waals surface area contributed by atoms with Gasteiger partial charge in [-0.1, -0.05) is 0 Å². The van der Waals surface area contributed by atoms with Crippen molar-refractivity contribution in [3.8, 4) is 0 Å². The Morgan fingerprint density at radius 3 is 1.42 bits per heavy atom. The van der Waals surface area contributed by atoms with E-state index in [-0.39, 0.29) is 39.6 Å². The van der Waals surface area contributed by atoms with E-state index in [1.807, 2.05) is 0 Å². The molecular weight excluding hydrogens is 407 g/mol. The number of halogens is 2. The summed E-state index contributed by atoms with van der Waals surface area (Å²) < 4.78 is 8.70. The Morgan fingerprint density at radius 2 is 1.21 bits per heavy atom. The van der Waals surface area contributed by atoms with Crippen LogP contribution in [0.5, 0.6) is 0 Å². The van der Waals surface area contributed by atoms with E-state index in [0.29, 0.717) is 0 Å². The van der Waals surface area contributed by atoms with Gasteiger partial charge < -0.3 is 24.8 Å². The Morgan fingerprint density at radius 1 is 0.875 bits per heavy atom. The smallest absolute Gasteiger partial charge is 1.00 e. The first-order chi connectivity index (χ1) is 9.41. The zero-order valence-corrected chi connectivity index (χ0v) is 24.9. The number of hydrogen-bond acceptors (Lipinski definition) is 2. The molecule has 2 nitrogen and oxygen atoms in total. The van der Waals surface area contributed by atoms with E-state index < -0.39 is 14.3 Å². The predicted octanol–water partition coefficient (Wildman–Crippen LogP) is -3.67. The van der Waals surface area contributed by atoms with Gasteiger partial charge in [0.25, 0.3) is 0 Å². The van der Waals surface area contributed by atoms with Gasteiger partial charge in [0.15, 0.2) is 0 Å². The molecule has 1 atom stereocenters. The molecule has 0 fully saturated rings. The summed E-state index contributed by atoms with van der Waals surface area (Å²) in [5, 5.41) is 0. The summed E-state index contributed by atoms with van der Waals surface area (Å²) in [6, 6.07) is 0. The van der Waals surface area contributed by atoms with Crippen LogP contribution in [0.3, 0.4) is 0 Å². The second kappa shape index (κ2) is 7.63. The van der Waals surface area contributed by atoms with Gasteiger partial charge >= 0.3 is 145 Å². The molecular formula is C17H39Cl2N2Si2Ti-2. The summed E-state index contributed by atoms with van der Waals surface area (Å²) in [5.74, 6) is 0. The van der Waals surface area contributed by atoms with Crippen molar-refractivity contribution in [1.29, 1.82) is 0 Å². The summed E-state index contributed by atoms with van der Waals surface area (Å²) >= 11 is -3.06. The monoisotopic (exact) mass is 445 g/mol. The molecule has 2 N–H and O–H groups in total. The molecule has 0 saturated heterocycles. The van der Waals surface area contributed by atoms with Crippen LogP contribution in [0.1, 0.15) is 69.2 Å². The maximum Gasteiger partial charge on any atom is -1.00 e. The van der Waals surface area contributed by atoms with Crippen LogP contribution in [0, 0.1) is 0 Å². The molecule has 0 aromatic heterocycles. The topological polar surface area (TPSA) is 24.1 Å². The molecule has 1 rings (SSSR count). The molecule has 0 saturated carbocycles. The first kappa shape index (κ1) is 27.3. The van der Waals surface area contributed by atoms with Gasteiger partial charge in [0.1, 0.15) is 0 Å². The van der Waals surface area contributed by atoms with Crippen LogP contribution >= 0.6 is 0 Å². The molecule has 0 aromatic carbocycles. The van der Waals surface area contributed by atoms with Crippen molar-refractivity contribution in [3.63, 3.8) is 0 Å². The molecule has 24 heavy (non-hydrogen) atoms. The van der Waals surface area contributed by atoms with Gasteiger partial charge in [-0.2, -0.15) is 0 Å². The van der Waals surface area contributed by atoms with Gasteiger partial charge in [-0.3, -0.25) is 0 Å². The molecule has 0 aliphatic heterocycles. The summed E-state index contributed by atoms with van der Waals surface area (Å²) in [4.78, 5) is 0. The minimum Gasteiger partial charge on any atom is -1.00 e. The summed E-state index contributed by atoms with van der Waals surface area (Å²) in [6.45, 7) is 23.4. The maximum absolute atomic E-state index is 4.24. The molecule has 0 amide bonds. The molecule has 1 unspecified atom stereocenters. The Kier molecular flexibility index (Phi) is 8.69. The van der Waals surface area contributed by atoms with E-state index in [0.717, 1.165) is 0 Å². The van der Waals surface area contributed by atoms with E-state index in [2.05, 4.69) is 82.9 Å². The quantitative estimate of drug-likeness (QED) is 0.437. The second-order valence-corrected chi connectivity index (χ2v) is 49.1. The number of allylic oxidation sites excluding steroid dienone is 4. The van der Waals surface area contributed by atoms with Gasteiger partial charge in [-0.15, -0.1) is 0 Å². The third kappa shape index (κ3) is 5.32. The summed E-state index contributed by atoms with van der Waals surface area (Å²) in [5.41, 5.74) is 4.89. The Bertz CT molecular complexity index is 526. The molecule has 145 valence electrons. The molecule has 0 radical (unpaired) electrons. The molecule has 0 aromatic rings. The maximum atomic E-state index is 4.24. The molecule has 1 aliphatic carbocycles. The summed E-state index contributed by atoms with van der Waals surface area (Å²) in [7, 11) is 2.46. The Hall–Kier alpha value is 1.13. The zero-order valence-electron chi connectivity index (χ0n) is 17.8. The minimum atomic E-state index is -3.06. The van der Waals surface area contributed by atoms with Crippen molar-refractivity contribution in [2.24, 2.45) is 0 Å². The Balaban J connectivity index is 0. The van der Waals surface area contributed by atoms with Crippen molar-refractivity contribution < 1.29 is 39.1 Å². The summed E-state index contributed by atoms with van der Waals surface area (Å²) in [6.07, 6.45) is 2.59. The van der Waals surface area contributed by atoms with Crippen molar-refractivity contribution in [2.75, 3.05) is 0 Å². The van der Waals surface area contributed by atoms with Crippen LogP contribution in [0.25, 0.3) is 0 Å². The van der Waals surface area contributed by atoms with Crippen molar-refractivity contribution >= 4 is 16.2 Å². The van der Waals surface area contributed by atoms with Crippen molar-refractivity contribution in [2.45, 2.75) is 84.0 Å². The molecule has 0 bridgehead atoms. The first-order valence-electron chi connectivity index (χ1n) is 8.58. The van der Waals surface area contributed by atoms with Gasteiger partial charge in [0.2, 0.25) is 0 Å². The van der Waals surface area contributed by atoms with Gasteiger partial charge in [-0.25, -0.2) is 0 Å². The number of hydrogen-bond donors (Lipinski definition) is 2. The van der Waals surface area contributed by atoms with E-state index in [1.54, 1.807) is 5.57 Å². The van der Waals surface area contributed by atoms with Gasteiger partial charge in [0.05, 0.1) is 0 Å². The first-order valence-corrected chi connectivity index (χ1v) is 22.3. The molecule has 1 aliphatic rings. The van der Waals surface area contributed by atoms with Crippen LogP contribution in [-0.2, 0) is 14.3 Å². The third-order valence-corrected chi connectivity index (χ3v) is 28.5. The fourth-order valence-corrected chi connectivity index (χ4v) is 32.3. The molecule has 7 heteroatoms. The molecule has 0 heterocycles. The van der Waals surface area contributed by atoms with E-state index >= 15 is 0 Å². The van der Waals surface area contributed by atoms with E-state index in [4.69, 9.17) is 0 Å². The number of rotatable bonds is 3. The minimum absolute atomic E-state index is 0. The predicted molar refractivity (Wildman–Crippen MR) is 106 cm³/mol. The van der Waals surface area contributed by atoms with E-state index in [9.17, 15) is 0 Å². The van der Waals surface area contributed by atoms with Crippen LogP contribution < -0.4 is 32.4 Å². The normalized spacial score (nSPS) is 24.1. The van der Waals surface area contributed by atoms with Crippen LogP contribution in [0.4, 0.5) is 0 Å². The average molecular weight is 446 g/mol. The fourth-order valence-electron chi connectivity index (χ4n) is 4.65. The fraction of sp³-hybridized carbons (Fsp3) is 0.765. The van der Waals surface area contributed by atoms with Crippen molar-refractivity contribution in [1.82, 2.24) is 7.60 Å². The van der Waals surface area contributed by atoms with E-state index in [1.165, 1.54) is 27.4 Å². The second-order valence-electron chi connectivity index (χ2n) is 10.4. The standard InChI is InChI=1S/C9H13.2C4H10N.2ClH.2H3Si.Ti/c1-6-5-7(2)9(4)8(6)3;2*1-4(2,3)5;;;;;/h5H,1-4H3;2*5H,1-3H3;2*1H;2*1H3;/q;2*-1;;;;;+2/p-2. The molecule has 0 spiro atoms. The Labute approximate surface area is 169 Å². The van der Waals surface area contributed by atoms with Crippen LogP contribution in [0.2, 0.25) is 3.72 Å². The van der Waals surface area contributed by atoms with Crippen LogP contribution in [-0.4, -0.2) is 27.3 Å². The van der Waals surface area contributed by atoms with Gasteiger partial charge in [0, 0.05) is 0 Å². The third-order valence-electron chi connectivity index (χ3n) is 5.50. The van der Waals surface area contributed by atoms with Crippen molar-refractivity contribution in [3.05, 3.63) is 22.8 Å². The zero-order chi connectivity index (χ0) is 17.8. The SMILES string of the molecule is CC1=C[C](C)([Ti]([SiH3])([SiH3])([NH]C(C)(C)C)[NH]C(C)(C)C)C(C)=C1C.[Cl-].[Cl-]. The van der Waals surface area contributed by atoms with Gasteiger partial charge in [-0.05, 0) is 0 Å².